The van der Waals surface area contributed by atoms with Crippen LogP contribution in [-0.4, -0.2) is 44.4 Å². The maximum Gasteiger partial charge on any atom is 0.262 e. The van der Waals surface area contributed by atoms with Gasteiger partial charge in [-0.15, -0.1) is 5.10 Å². The number of aromatic nitrogens is 5. The molecule has 25 heavy (non-hydrogen) atoms. The fourth-order valence-electron chi connectivity index (χ4n) is 2.96. The average Bonchev–Trinajstić information content (AvgIpc) is 2.59. The predicted molar refractivity (Wildman–Crippen MR) is 95.7 cm³/mol. The van der Waals surface area contributed by atoms with E-state index in [0.717, 1.165) is 31.1 Å². The molecule has 1 N–H and O–H groups in total. The van der Waals surface area contributed by atoms with E-state index < -0.39 is 0 Å². The van der Waals surface area contributed by atoms with Crippen molar-refractivity contribution in [3.8, 4) is 0 Å². The van der Waals surface area contributed by atoms with E-state index >= 15 is 0 Å². The van der Waals surface area contributed by atoms with Crippen molar-refractivity contribution in [1.29, 1.82) is 0 Å². The number of rotatable bonds is 4. The molecular formula is C17H19N7O. The van der Waals surface area contributed by atoms with Crippen molar-refractivity contribution in [2.75, 3.05) is 29.9 Å². The first-order chi connectivity index (χ1) is 12.1. The van der Waals surface area contributed by atoms with Crippen LogP contribution in [-0.2, 0) is 7.05 Å². The monoisotopic (exact) mass is 337 g/mol. The van der Waals surface area contributed by atoms with E-state index in [0.29, 0.717) is 22.8 Å². The zero-order chi connectivity index (χ0) is 17.4. The molecule has 0 saturated carbocycles. The van der Waals surface area contributed by atoms with E-state index in [1.54, 1.807) is 30.1 Å². The predicted octanol–water partition coefficient (Wildman–Crippen LogP) is 0.975. The van der Waals surface area contributed by atoms with E-state index in [2.05, 4.69) is 30.4 Å². The highest BCUT2D eigenvalue weighted by atomic mass is 16.1. The third-order valence-electron chi connectivity index (χ3n) is 4.49. The van der Waals surface area contributed by atoms with Gasteiger partial charge in [0.1, 0.15) is 0 Å². The Bertz CT molecular complexity index is 961. The number of pyridine rings is 1. The molecule has 0 aliphatic carbocycles. The van der Waals surface area contributed by atoms with Crippen molar-refractivity contribution in [2.45, 2.75) is 6.92 Å². The first kappa shape index (κ1) is 15.5. The maximum atomic E-state index is 12.4. The topological polar surface area (TPSA) is 88.8 Å². The second kappa shape index (κ2) is 6.12. The van der Waals surface area contributed by atoms with Crippen molar-refractivity contribution in [2.24, 2.45) is 13.0 Å². The lowest BCUT2D eigenvalue weighted by Crippen LogP contribution is -2.50. The largest absolute Gasteiger partial charge is 0.355 e. The number of fused-ring (bicyclic) bond motifs is 1. The van der Waals surface area contributed by atoms with Gasteiger partial charge in [0, 0.05) is 38.8 Å². The second-order valence-electron chi connectivity index (χ2n) is 6.38. The molecule has 0 radical (unpaired) electrons. The summed E-state index contributed by atoms with van der Waals surface area (Å²) in [5.74, 6) is 1.95. The number of aryl methyl sites for hydroxylation is 1. The smallest absolute Gasteiger partial charge is 0.262 e. The summed E-state index contributed by atoms with van der Waals surface area (Å²) < 4.78 is 1.55. The fraction of sp³-hybridized carbons (Fsp3) is 0.353. The third-order valence-corrected chi connectivity index (χ3v) is 4.49. The summed E-state index contributed by atoms with van der Waals surface area (Å²) in [6.07, 6.45) is 3.22. The van der Waals surface area contributed by atoms with Gasteiger partial charge in [0.2, 0.25) is 5.95 Å². The summed E-state index contributed by atoms with van der Waals surface area (Å²) in [4.78, 5) is 23.1. The van der Waals surface area contributed by atoms with Gasteiger partial charge in [-0.25, -0.2) is 4.98 Å². The van der Waals surface area contributed by atoms with Gasteiger partial charge in [-0.2, -0.15) is 5.10 Å². The van der Waals surface area contributed by atoms with Gasteiger partial charge in [-0.1, -0.05) is 0 Å². The molecule has 1 fully saturated rings. The zero-order valence-corrected chi connectivity index (χ0v) is 14.2. The Morgan fingerprint density at radius 2 is 2.08 bits per heavy atom. The first-order valence-corrected chi connectivity index (χ1v) is 8.22. The molecule has 0 aromatic carbocycles. The molecule has 4 heterocycles. The lowest BCUT2D eigenvalue weighted by atomic mass is 10.0. The molecule has 0 atom stereocenters. The number of nitrogens with one attached hydrogen (secondary N) is 1. The molecule has 1 aliphatic heterocycles. The Morgan fingerprint density at radius 3 is 2.84 bits per heavy atom. The van der Waals surface area contributed by atoms with Crippen molar-refractivity contribution in [3.05, 3.63) is 46.6 Å². The Labute approximate surface area is 144 Å². The van der Waals surface area contributed by atoms with Gasteiger partial charge in [0.15, 0.2) is 5.82 Å². The van der Waals surface area contributed by atoms with Crippen LogP contribution in [0.2, 0.25) is 0 Å². The van der Waals surface area contributed by atoms with E-state index in [1.165, 1.54) is 0 Å². The van der Waals surface area contributed by atoms with E-state index in [9.17, 15) is 4.79 Å². The van der Waals surface area contributed by atoms with Crippen molar-refractivity contribution < 1.29 is 0 Å². The molecule has 1 saturated heterocycles. The summed E-state index contributed by atoms with van der Waals surface area (Å²) in [6.45, 7) is 4.50. The molecule has 0 bridgehead atoms. The van der Waals surface area contributed by atoms with Crippen LogP contribution in [0.25, 0.3) is 10.9 Å². The second-order valence-corrected chi connectivity index (χ2v) is 6.38. The Morgan fingerprint density at radius 1 is 1.24 bits per heavy atom. The lowest BCUT2D eigenvalue weighted by molar-refractivity contribution is 0.424. The van der Waals surface area contributed by atoms with Crippen molar-refractivity contribution in [1.82, 2.24) is 24.7 Å². The van der Waals surface area contributed by atoms with E-state index in [4.69, 9.17) is 0 Å². The highest BCUT2D eigenvalue weighted by molar-refractivity contribution is 5.77. The highest BCUT2D eigenvalue weighted by Crippen LogP contribution is 2.22. The fourth-order valence-corrected chi connectivity index (χ4v) is 2.96. The van der Waals surface area contributed by atoms with Crippen LogP contribution in [0, 0.1) is 12.8 Å². The summed E-state index contributed by atoms with van der Waals surface area (Å²) in [6, 6.07) is 5.66. The van der Waals surface area contributed by atoms with Crippen LogP contribution >= 0.6 is 0 Å². The molecule has 3 aromatic heterocycles. The van der Waals surface area contributed by atoms with Crippen LogP contribution in [0.4, 0.5) is 11.8 Å². The first-order valence-electron chi connectivity index (χ1n) is 8.22. The van der Waals surface area contributed by atoms with Gasteiger partial charge in [-0.05, 0) is 25.1 Å². The van der Waals surface area contributed by atoms with E-state index in [-0.39, 0.29) is 5.56 Å². The lowest BCUT2D eigenvalue weighted by Gasteiger charge is -2.40. The van der Waals surface area contributed by atoms with Gasteiger partial charge in [-0.3, -0.25) is 14.3 Å². The molecule has 0 unspecified atom stereocenters. The van der Waals surface area contributed by atoms with Crippen molar-refractivity contribution in [3.63, 3.8) is 0 Å². The molecule has 3 aromatic rings. The standard InChI is InChI=1S/C17H19N7O/c1-11-3-4-15(22-21-11)24-9-12(10-24)7-19-17-20-14-8-18-6-5-13(14)16(25)23(17)2/h3-6,8,12H,7,9-10H2,1-2H3,(H,19,20). The van der Waals surface area contributed by atoms with Crippen LogP contribution in [0.15, 0.2) is 35.4 Å². The minimum atomic E-state index is -0.0694. The van der Waals surface area contributed by atoms with Gasteiger partial charge in [0.05, 0.1) is 22.8 Å². The minimum Gasteiger partial charge on any atom is -0.355 e. The normalized spacial score (nSPS) is 14.6. The number of nitrogens with zero attached hydrogens (tertiary/aromatic N) is 6. The number of hydrogen-bond acceptors (Lipinski definition) is 7. The quantitative estimate of drug-likeness (QED) is 0.759. The molecule has 0 spiro atoms. The number of anilines is 2. The van der Waals surface area contributed by atoms with Crippen LogP contribution in [0.3, 0.4) is 0 Å². The van der Waals surface area contributed by atoms with Gasteiger partial charge >= 0.3 is 0 Å². The zero-order valence-electron chi connectivity index (χ0n) is 14.2. The van der Waals surface area contributed by atoms with Crippen LogP contribution in [0.1, 0.15) is 5.69 Å². The number of hydrogen-bond donors (Lipinski definition) is 1. The SMILES string of the molecule is Cc1ccc(N2CC(CNc3nc4cnccc4c(=O)n3C)C2)nn1. The molecule has 8 nitrogen and oxygen atoms in total. The Hall–Kier alpha value is -3.03. The summed E-state index contributed by atoms with van der Waals surface area (Å²) in [5, 5.41) is 12.2. The molecule has 4 rings (SSSR count). The molecule has 8 heteroatoms. The maximum absolute atomic E-state index is 12.4. The van der Waals surface area contributed by atoms with Gasteiger partial charge in [0.25, 0.3) is 5.56 Å². The summed E-state index contributed by atoms with van der Waals surface area (Å²) in [5.41, 5.74) is 1.46. The Balaban J connectivity index is 1.41. The third kappa shape index (κ3) is 2.90. The molecule has 1 aliphatic rings. The van der Waals surface area contributed by atoms with Crippen molar-refractivity contribution >= 4 is 22.7 Å². The van der Waals surface area contributed by atoms with Crippen LogP contribution in [0.5, 0.6) is 0 Å². The average molecular weight is 337 g/mol. The molecule has 0 amide bonds. The van der Waals surface area contributed by atoms with Gasteiger partial charge < -0.3 is 10.2 Å². The highest BCUT2D eigenvalue weighted by Gasteiger charge is 2.28. The molecular weight excluding hydrogens is 318 g/mol. The molecule has 128 valence electrons. The summed E-state index contributed by atoms with van der Waals surface area (Å²) >= 11 is 0. The minimum absolute atomic E-state index is 0.0694. The van der Waals surface area contributed by atoms with E-state index in [1.807, 2.05) is 19.1 Å². The van der Waals surface area contributed by atoms with Crippen LogP contribution < -0.4 is 15.8 Å². The Kier molecular flexibility index (Phi) is 3.79. The summed E-state index contributed by atoms with van der Waals surface area (Å²) in [7, 11) is 1.73.